The highest BCUT2D eigenvalue weighted by Crippen LogP contribution is 2.25. The van der Waals surface area contributed by atoms with Gasteiger partial charge in [0.2, 0.25) is 0 Å². The average molecular weight is 222 g/mol. The smallest absolute Gasteiger partial charge is 0.260 e. The van der Waals surface area contributed by atoms with Crippen LogP contribution < -0.4 is 0 Å². The third-order valence-corrected chi connectivity index (χ3v) is 2.66. The number of pyridine rings is 1. The van der Waals surface area contributed by atoms with Crippen LogP contribution in [0.15, 0.2) is 45.3 Å². The molecule has 2 rings (SSSR count). The molecule has 2 aromatic rings. The van der Waals surface area contributed by atoms with Crippen LogP contribution in [0.25, 0.3) is 0 Å². The molecule has 0 saturated carbocycles. The van der Waals surface area contributed by atoms with Crippen molar-refractivity contribution in [2.75, 3.05) is 0 Å². The zero-order valence-corrected chi connectivity index (χ0v) is 8.94. The van der Waals surface area contributed by atoms with Gasteiger partial charge in [-0.1, -0.05) is 0 Å². The molecular formula is C10H10N2O2S. The summed E-state index contributed by atoms with van der Waals surface area (Å²) in [5.41, 5.74) is 0.659. The highest BCUT2D eigenvalue weighted by Gasteiger charge is 2.04. The van der Waals surface area contributed by atoms with Gasteiger partial charge in [-0.3, -0.25) is 4.98 Å². The van der Waals surface area contributed by atoms with E-state index in [9.17, 15) is 5.11 Å². The first-order valence-electron chi connectivity index (χ1n) is 4.47. The number of hydrogen-bond donors (Lipinski definition) is 1. The monoisotopic (exact) mass is 222 g/mol. The topological polar surface area (TPSA) is 59.2 Å². The standard InChI is InChI=1S/C10H10N2O2S/c1-7(13)9-3-2-8(6-12-9)15-10-11-4-5-14-10/h2-7,13H,1H3/t7-/m0/s1. The van der Waals surface area contributed by atoms with Crippen LogP contribution in [0, 0.1) is 0 Å². The third-order valence-electron chi connectivity index (χ3n) is 1.80. The van der Waals surface area contributed by atoms with Gasteiger partial charge in [0.15, 0.2) is 0 Å². The molecule has 15 heavy (non-hydrogen) atoms. The molecular weight excluding hydrogens is 212 g/mol. The Kier molecular flexibility index (Phi) is 3.03. The van der Waals surface area contributed by atoms with Crippen molar-refractivity contribution in [1.29, 1.82) is 0 Å². The van der Waals surface area contributed by atoms with E-state index in [0.717, 1.165) is 4.90 Å². The van der Waals surface area contributed by atoms with Crippen LogP contribution in [0.1, 0.15) is 18.7 Å². The van der Waals surface area contributed by atoms with Crippen molar-refractivity contribution < 1.29 is 9.52 Å². The molecule has 0 amide bonds. The summed E-state index contributed by atoms with van der Waals surface area (Å²) in [5.74, 6) is 0. The van der Waals surface area contributed by atoms with Crippen molar-refractivity contribution in [2.45, 2.75) is 23.1 Å². The summed E-state index contributed by atoms with van der Waals surface area (Å²) in [6, 6.07) is 3.67. The Hall–Kier alpha value is -1.33. The Bertz CT molecular complexity index is 411. The minimum Gasteiger partial charge on any atom is -0.440 e. The quantitative estimate of drug-likeness (QED) is 0.863. The molecule has 0 unspecified atom stereocenters. The first-order chi connectivity index (χ1) is 7.25. The van der Waals surface area contributed by atoms with Crippen molar-refractivity contribution in [1.82, 2.24) is 9.97 Å². The Balaban J connectivity index is 2.11. The van der Waals surface area contributed by atoms with Crippen LogP contribution in [0.2, 0.25) is 0 Å². The summed E-state index contributed by atoms with van der Waals surface area (Å²) in [6.45, 7) is 1.68. The summed E-state index contributed by atoms with van der Waals surface area (Å²) in [7, 11) is 0. The van der Waals surface area contributed by atoms with Crippen LogP contribution in [0.4, 0.5) is 0 Å². The molecule has 0 saturated heterocycles. The third kappa shape index (κ3) is 2.57. The predicted molar refractivity (Wildman–Crippen MR) is 55.5 cm³/mol. The Labute approximate surface area is 91.4 Å². The summed E-state index contributed by atoms with van der Waals surface area (Å²) in [5, 5.41) is 9.86. The average Bonchev–Trinajstić information content (AvgIpc) is 2.71. The lowest BCUT2D eigenvalue weighted by atomic mass is 10.2. The molecule has 0 radical (unpaired) electrons. The molecule has 1 atom stereocenters. The van der Waals surface area contributed by atoms with Crippen LogP contribution in [0.3, 0.4) is 0 Å². The number of oxazole rings is 1. The number of aliphatic hydroxyl groups is 1. The highest BCUT2D eigenvalue weighted by molar-refractivity contribution is 7.99. The molecule has 4 nitrogen and oxygen atoms in total. The maximum Gasteiger partial charge on any atom is 0.260 e. The lowest BCUT2D eigenvalue weighted by Gasteiger charge is -2.03. The molecule has 0 fully saturated rings. The molecule has 0 aliphatic carbocycles. The van der Waals surface area contributed by atoms with Gasteiger partial charge in [0, 0.05) is 11.1 Å². The maximum absolute atomic E-state index is 9.27. The number of hydrogen-bond acceptors (Lipinski definition) is 5. The van der Waals surface area contributed by atoms with Crippen molar-refractivity contribution >= 4 is 11.8 Å². The molecule has 0 spiro atoms. The second-order valence-corrected chi connectivity index (χ2v) is 4.02. The van der Waals surface area contributed by atoms with Crippen LogP contribution in [-0.4, -0.2) is 15.1 Å². The van der Waals surface area contributed by atoms with E-state index in [1.165, 1.54) is 18.0 Å². The van der Waals surface area contributed by atoms with Gasteiger partial charge >= 0.3 is 0 Å². The van der Waals surface area contributed by atoms with E-state index in [1.807, 2.05) is 6.07 Å². The first-order valence-corrected chi connectivity index (χ1v) is 5.29. The summed E-state index contributed by atoms with van der Waals surface area (Å²) < 4.78 is 5.09. The minimum atomic E-state index is -0.536. The normalized spacial score (nSPS) is 12.7. The van der Waals surface area contributed by atoms with E-state index < -0.39 is 6.10 Å². The molecule has 0 aliphatic heterocycles. The molecule has 0 aromatic carbocycles. The van der Waals surface area contributed by atoms with Gasteiger partial charge in [0.1, 0.15) is 6.26 Å². The fourth-order valence-corrected chi connectivity index (χ4v) is 1.72. The molecule has 0 aliphatic rings. The van der Waals surface area contributed by atoms with Crippen LogP contribution >= 0.6 is 11.8 Å². The maximum atomic E-state index is 9.27. The van der Waals surface area contributed by atoms with Crippen LogP contribution in [-0.2, 0) is 0 Å². The van der Waals surface area contributed by atoms with Gasteiger partial charge in [0.05, 0.1) is 18.0 Å². The lowest BCUT2D eigenvalue weighted by molar-refractivity contribution is 0.194. The van der Waals surface area contributed by atoms with Gasteiger partial charge in [-0.05, 0) is 30.8 Å². The van der Waals surface area contributed by atoms with Crippen molar-refractivity contribution in [3.8, 4) is 0 Å². The number of rotatable bonds is 3. The Morgan fingerprint density at radius 2 is 2.27 bits per heavy atom. The molecule has 2 heterocycles. The Morgan fingerprint density at radius 3 is 2.80 bits per heavy atom. The summed E-state index contributed by atoms with van der Waals surface area (Å²) in [6.07, 6.45) is 4.28. The zero-order valence-electron chi connectivity index (χ0n) is 8.12. The van der Waals surface area contributed by atoms with Gasteiger partial charge in [-0.15, -0.1) is 0 Å². The number of aromatic nitrogens is 2. The van der Waals surface area contributed by atoms with E-state index in [-0.39, 0.29) is 0 Å². The largest absolute Gasteiger partial charge is 0.440 e. The van der Waals surface area contributed by atoms with Gasteiger partial charge in [-0.2, -0.15) is 0 Å². The van der Waals surface area contributed by atoms with E-state index in [1.54, 1.807) is 25.4 Å². The second kappa shape index (κ2) is 4.46. The van der Waals surface area contributed by atoms with Crippen molar-refractivity contribution in [3.05, 3.63) is 36.5 Å². The van der Waals surface area contributed by atoms with Crippen molar-refractivity contribution in [2.24, 2.45) is 0 Å². The number of aliphatic hydroxyl groups excluding tert-OH is 1. The fourth-order valence-electron chi connectivity index (χ4n) is 1.06. The van der Waals surface area contributed by atoms with E-state index in [0.29, 0.717) is 10.9 Å². The molecule has 0 bridgehead atoms. The second-order valence-electron chi connectivity index (χ2n) is 2.99. The van der Waals surface area contributed by atoms with Crippen molar-refractivity contribution in [3.63, 3.8) is 0 Å². The van der Waals surface area contributed by atoms with E-state index >= 15 is 0 Å². The van der Waals surface area contributed by atoms with Gasteiger partial charge in [-0.25, -0.2) is 4.98 Å². The lowest BCUT2D eigenvalue weighted by Crippen LogP contribution is -1.94. The summed E-state index contributed by atoms with van der Waals surface area (Å²) in [4.78, 5) is 9.04. The molecule has 1 N–H and O–H groups in total. The fraction of sp³-hybridized carbons (Fsp3) is 0.200. The SMILES string of the molecule is C[C@H](O)c1ccc(Sc2ncco2)cn1. The van der Waals surface area contributed by atoms with E-state index in [2.05, 4.69) is 9.97 Å². The van der Waals surface area contributed by atoms with E-state index in [4.69, 9.17) is 4.42 Å². The highest BCUT2D eigenvalue weighted by atomic mass is 32.2. The first kappa shape index (κ1) is 10.2. The van der Waals surface area contributed by atoms with Gasteiger partial charge in [0.25, 0.3) is 5.22 Å². The minimum absolute atomic E-state index is 0.536. The predicted octanol–water partition coefficient (Wildman–Crippen LogP) is 2.27. The Morgan fingerprint density at radius 1 is 1.40 bits per heavy atom. The van der Waals surface area contributed by atoms with Crippen LogP contribution in [0.5, 0.6) is 0 Å². The molecule has 78 valence electrons. The zero-order chi connectivity index (χ0) is 10.7. The molecule has 2 aromatic heterocycles. The summed E-state index contributed by atoms with van der Waals surface area (Å²) >= 11 is 1.39. The molecule has 5 heteroatoms. The van der Waals surface area contributed by atoms with Gasteiger partial charge < -0.3 is 9.52 Å². The number of nitrogens with zero attached hydrogens (tertiary/aromatic N) is 2.